The van der Waals surface area contributed by atoms with Crippen molar-refractivity contribution < 1.29 is 4.74 Å². The lowest BCUT2D eigenvalue weighted by Crippen LogP contribution is -2.28. The van der Waals surface area contributed by atoms with Gasteiger partial charge in [-0.3, -0.25) is 0 Å². The Hall–Kier alpha value is -2.13. The molecule has 0 saturated carbocycles. The molecule has 0 spiro atoms. The predicted octanol–water partition coefficient (Wildman–Crippen LogP) is 4.86. The lowest BCUT2D eigenvalue weighted by atomic mass is 10.0. The van der Waals surface area contributed by atoms with Gasteiger partial charge in [-0.2, -0.15) is 0 Å². The van der Waals surface area contributed by atoms with Gasteiger partial charge in [-0.1, -0.05) is 84.9 Å². The quantitative estimate of drug-likeness (QED) is 0.658. The third-order valence-electron chi connectivity index (χ3n) is 4.00. The Morgan fingerprint density at radius 3 is 1.88 bits per heavy atom. The molecule has 0 saturated heterocycles. The lowest BCUT2D eigenvalue weighted by molar-refractivity contribution is 0.108. The zero-order chi connectivity index (χ0) is 16.6. The van der Waals surface area contributed by atoms with Gasteiger partial charge in [-0.25, -0.2) is 0 Å². The van der Waals surface area contributed by atoms with E-state index in [0.29, 0.717) is 13.2 Å². The van der Waals surface area contributed by atoms with E-state index in [-0.39, 0.29) is 18.4 Å². The van der Waals surface area contributed by atoms with Gasteiger partial charge in [0.05, 0.1) is 13.2 Å². The van der Waals surface area contributed by atoms with Crippen molar-refractivity contribution in [3.8, 4) is 11.1 Å². The number of rotatable bonds is 7. The Kier molecular flexibility index (Phi) is 7.68. The number of hydrogen-bond donors (Lipinski definition) is 1. The van der Waals surface area contributed by atoms with E-state index in [1.807, 2.05) is 24.3 Å². The fourth-order valence-corrected chi connectivity index (χ4v) is 2.73. The van der Waals surface area contributed by atoms with Gasteiger partial charge >= 0.3 is 0 Å². The average Bonchev–Trinajstić information content (AvgIpc) is 2.64. The summed E-state index contributed by atoms with van der Waals surface area (Å²) < 4.78 is 5.72. The van der Waals surface area contributed by atoms with Crippen molar-refractivity contribution in [1.29, 1.82) is 0 Å². The predicted molar refractivity (Wildman–Crippen MR) is 107 cm³/mol. The second-order valence-electron chi connectivity index (χ2n) is 6.03. The number of benzene rings is 3. The monoisotopic (exact) mass is 353 g/mol. The molecular weight excluding hydrogens is 330 g/mol. The topological polar surface area (TPSA) is 35.2 Å². The van der Waals surface area contributed by atoms with Crippen molar-refractivity contribution in [3.05, 3.63) is 96.1 Å². The largest absolute Gasteiger partial charge is 0.375 e. The van der Waals surface area contributed by atoms with Gasteiger partial charge in [0.1, 0.15) is 0 Å². The Labute approximate surface area is 156 Å². The maximum Gasteiger partial charge on any atom is 0.0717 e. The summed E-state index contributed by atoms with van der Waals surface area (Å²) in [4.78, 5) is 0. The summed E-state index contributed by atoms with van der Waals surface area (Å²) in [7, 11) is 0. The summed E-state index contributed by atoms with van der Waals surface area (Å²) in [5.41, 5.74) is 11.1. The number of nitrogens with two attached hydrogens (primary N) is 1. The van der Waals surface area contributed by atoms with Crippen LogP contribution in [0.1, 0.15) is 11.1 Å². The zero-order valence-corrected chi connectivity index (χ0v) is 15.0. The number of halogens is 1. The van der Waals surface area contributed by atoms with Crippen LogP contribution in [0.2, 0.25) is 0 Å². The van der Waals surface area contributed by atoms with Crippen LogP contribution in [-0.2, 0) is 17.8 Å². The van der Waals surface area contributed by atoms with Crippen LogP contribution in [0.5, 0.6) is 0 Å². The van der Waals surface area contributed by atoms with E-state index in [1.54, 1.807) is 0 Å². The van der Waals surface area contributed by atoms with E-state index in [9.17, 15) is 0 Å². The normalized spacial score (nSPS) is 11.6. The number of ether oxygens (including phenoxy) is 1. The van der Waals surface area contributed by atoms with Gasteiger partial charge in [0.25, 0.3) is 0 Å². The van der Waals surface area contributed by atoms with Crippen LogP contribution < -0.4 is 5.73 Å². The van der Waals surface area contributed by atoms with Gasteiger partial charge < -0.3 is 10.5 Å². The lowest BCUT2D eigenvalue weighted by Gasteiger charge is -2.13. The molecule has 0 aliphatic carbocycles. The molecule has 0 amide bonds. The second kappa shape index (κ2) is 10.00. The highest BCUT2D eigenvalue weighted by Gasteiger charge is 2.05. The first-order valence-electron chi connectivity index (χ1n) is 8.33. The minimum absolute atomic E-state index is 0. The maximum atomic E-state index is 6.19. The van der Waals surface area contributed by atoms with Crippen LogP contribution in [0.4, 0.5) is 0 Å². The summed E-state index contributed by atoms with van der Waals surface area (Å²) in [6, 6.07) is 29.2. The van der Waals surface area contributed by atoms with Crippen molar-refractivity contribution in [2.75, 3.05) is 6.61 Å². The minimum atomic E-state index is 0. The fraction of sp³-hybridized carbons (Fsp3) is 0.182. The molecule has 25 heavy (non-hydrogen) atoms. The molecule has 0 fully saturated rings. The third-order valence-corrected chi connectivity index (χ3v) is 4.00. The highest BCUT2D eigenvalue weighted by atomic mass is 35.5. The van der Waals surface area contributed by atoms with Gasteiger partial charge in [-0.15, -0.1) is 12.4 Å². The molecule has 3 aromatic rings. The van der Waals surface area contributed by atoms with Crippen LogP contribution in [0.25, 0.3) is 11.1 Å². The van der Waals surface area contributed by atoms with Gasteiger partial charge in [-0.05, 0) is 28.7 Å². The summed E-state index contributed by atoms with van der Waals surface area (Å²) in [5.74, 6) is 0. The molecule has 0 unspecified atom stereocenters. The Morgan fingerprint density at radius 2 is 1.24 bits per heavy atom. The molecule has 1 atom stereocenters. The highest BCUT2D eigenvalue weighted by molar-refractivity contribution is 5.85. The van der Waals surface area contributed by atoms with E-state index < -0.39 is 0 Å². The first-order chi connectivity index (χ1) is 11.8. The van der Waals surface area contributed by atoms with E-state index in [4.69, 9.17) is 10.5 Å². The van der Waals surface area contributed by atoms with Gasteiger partial charge in [0.15, 0.2) is 0 Å². The van der Waals surface area contributed by atoms with E-state index in [0.717, 1.165) is 6.42 Å². The van der Waals surface area contributed by atoms with Crippen LogP contribution in [0.3, 0.4) is 0 Å². The molecule has 0 aromatic heterocycles. The van der Waals surface area contributed by atoms with Crippen LogP contribution >= 0.6 is 12.4 Å². The first-order valence-corrected chi connectivity index (χ1v) is 8.33. The van der Waals surface area contributed by atoms with Crippen molar-refractivity contribution in [2.24, 2.45) is 5.73 Å². The molecule has 0 aliphatic rings. The fourth-order valence-electron chi connectivity index (χ4n) is 2.73. The Balaban J connectivity index is 0.00000225. The summed E-state index contributed by atoms with van der Waals surface area (Å²) in [5, 5.41) is 0. The standard InChI is InChI=1S/C22H23NO.ClH/c23-22(17-24-16-19-7-3-1-4-8-19)15-18-11-13-21(14-12-18)20-9-5-2-6-10-20;/h1-14,22H,15-17,23H2;1H/t22-;/m1./s1. The molecule has 0 bridgehead atoms. The molecular formula is C22H24ClNO. The SMILES string of the molecule is Cl.N[C@@H](COCc1ccccc1)Cc1ccc(-c2ccccc2)cc1. The molecule has 3 rings (SSSR count). The van der Waals surface area contributed by atoms with Crippen LogP contribution in [0.15, 0.2) is 84.9 Å². The first kappa shape index (κ1) is 19.2. The molecule has 3 aromatic carbocycles. The van der Waals surface area contributed by atoms with E-state index >= 15 is 0 Å². The molecule has 130 valence electrons. The van der Waals surface area contributed by atoms with E-state index in [2.05, 4.69) is 60.7 Å². The summed E-state index contributed by atoms with van der Waals surface area (Å²) in [6.07, 6.45) is 0.823. The maximum absolute atomic E-state index is 6.19. The summed E-state index contributed by atoms with van der Waals surface area (Å²) in [6.45, 7) is 1.18. The van der Waals surface area contributed by atoms with Crippen molar-refractivity contribution in [1.82, 2.24) is 0 Å². The minimum Gasteiger partial charge on any atom is -0.375 e. The molecule has 2 N–H and O–H groups in total. The smallest absolute Gasteiger partial charge is 0.0717 e. The molecule has 0 aliphatic heterocycles. The molecule has 3 heteroatoms. The van der Waals surface area contributed by atoms with Crippen molar-refractivity contribution in [3.63, 3.8) is 0 Å². The highest BCUT2D eigenvalue weighted by Crippen LogP contribution is 2.19. The van der Waals surface area contributed by atoms with Crippen LogP contribution in [0, 0.1) is 0 Å². The second-order valence-corrected chi connectivity index (χ2v) is 6.03. The molecule has 2 nitrogen and oxygen atoms in total. The average molecular weight is 354 g/mol. The molecule has 0 heterocycles. The summed E-state index contributed by atoms with van der Waals surface area (Å²) >= 11 is 0. The van der Waals surface area contributed by atoms with Gasteiger partial charge in [0.2, 0.25) is 0 Å². The van der Waals surface area contributed by atoms with Crippen molar-refractivity contribution >= 4 is 12.4 Å². The zero-order valence-electron chi connectivity index (χ0n) is 14.2. The Morgan fingerprint density at radius 1 is 0.680 bits per heavy atom. The van der Waals surface area contributed by atoms with Crippen LogP contribution in [-0.4, -0.2) is 12.6 Å². The molecule has 0 radical (unpaired) electrons. The van der Waals surface area contributed by atoms with Crippen molar-refractivity contribution in [2.45, 2.75) is 19.1 Å². The van der Waals surface area contributed by atoms with E-state index in [1.165, 1.54) is 22.3 Å². The Bertz CT molecular complexity index is 729. The number of hydrogen-bond acceptors (Lipinski definition) is 2. The third kappa shape index (κ3) is 6.02. The van der Waals surface area contributed by atoms with Gasteiger partial charge in [0, 0.05) is 6.04 Å².